The molecule has 134 valence electrons. The van der Waals surface area contributed by atoms with Gasteiger partial charge in [0.2, 0.25) is 0 Å². The van der Waals surface area contributed by atoms with Crippen molar-refractivity contribution in [3.05, 3.63) is 80.7 Å². The number of hydrogen-bond donors (Lipinski definition) is 1. The number of carbonyl (C=O) groups excluding carboxylic acids is 1. The first-order valence-corrected chi connectivity index (χ1v) is 8.81. The Bertz CT molecular complexity index is 953. The maximum atomic E-state index is 12.3. The van der Waals surface area contributed by atoms with Gasteiger partial charge in [0.25, 0.3) is 5.91 Å². The van der Waals surface area contributed by atoms with E-state index in [9.17, 15) is 4.79 Å². The van der Waals surface area contributed by atoms with Crippen molar-refractivity contribution in [1.29, 1.82) is 0 Å². The number of ether oxygens (including phenoxy) is 1. The molecule has 1 aromatic heterocycles. The van der Waals surface area contributed by atoms with Crippen LogP contribution in [0.4, 0.5) is 5.69 Å². The zero-order chi connectivity index (χ0) is 18.7. The molecule has 0 saturated carbocycles. The predicted octanol–water partition coefficient (Wildman–Crippen LogP) is 6.38. The molecule has 7 heteroatoms. The molecular formula is C19H14Cl3NO3. The number of amides is 1. The largest absolute Gasteiger partial charge is 0.484 e. The Labute approximate surface area is 165 Å². The van der Waals surface area contributed by atoms with E-state index in [0.29, 0.717) is 32.3 Å². The van der Waals surface area contributed by atoms with Gasteiger partial charge in [-0.25, -0.2) is 0 Å². The minimum absolute atomic E-state index is 0.115. The van der Waals surface area contributed by atoms with Crippen molar-refractivity contribution < 1.29 is 13.9 Å². The molecule has 0 radical (unpaired) electrons. The second-order valence-electron chi connectivity index (χ2n) is 5.47. The van der Waals surface area contributed by atoms with E-state index in [1.54, 1.807) is 48.5 Å². The highest BCUT2D eigenvalue weighted by molar-refractivity contribution is 6.42. The van der Waals surface area contributed by atoms with Gasteiger partial charge in [0.15, 0.2) is 5.76 Å². The first-order chi connectivity index (χ1) is 12.5. The summed E-state index contributed by atoms with van der Waals surface area (Å²) in [4.78, 5) is 12.3. The van der Waals surface area contributed by atoms with Crippen molar-refractivity contribution in [2.75, 3.05) is 5.32 Å². The number of carbonyl (C=O) groups is 1. The summed E-state index contributed by atoms with van der Waals surface area (Å²) in [6.45, 7) is 1.94. The summed E-state index contributed by atoms with van der Waals surface area (Å²) in [7, 11) is 0. The molecule has 4 nitrogen and oxygen atoms in total. The molecule has 2 aromatic carbocycles. The third kappa shape index (κ3) is 4.15. The monoisotopic (exact) mass is 409 g/mol. The van der Waals surface area contributed by atoms with Crippen molar-refractivity contribution in [3.8, 4) is 5.75 Å². The van der Waals surface area contributed by atoms with Gasteiger partial charge in [0.1, 0.15) is 23.1 Å². The zero-order valence-corrected chi connectivity index (χ0v) is 16.0. The highest BCUT2D eigenvalue weighted by atomic mass is 35.5. The molecule has 0 aliphatic rings. The normalized spacial score (nSPS) is 10.6. The Kier molecular flexibility index (Phi) is 5.77. The average molecular weight is 411 g/mol. The van der Waals surface area contributed by atoms with Crippen LogP contribution in [0.5, 0.6) is 5.75 Å². The highest BCUT2D eigenvalue weighted by Crippen LogP contribution is 2.32. The van der Waals surface area contributed by atoms with E-state index in [1.165, 1.54) is 0 Å². The molecule has 1 amide bonds. The highest BCUT2D eigenvalue weighted by Gasteiger charge is 2.14. The van der Waals surface area contributed by atoms with Crippen molar-refractivity contribution in [2.24, 2.45) is 0 Å². The topological polar surface area (TPSA) is 51.5 Å². The van der Waals surface area contributed by atoms with E-state index in [4.69, 9.17) is 44.0 Å². The van der Waals surface area contributed by atoms with Crippen molar-refractivity contribution in [2.45, 2.75) is 13.5 Å². The molecule has 1 N–H and O–H groups in total. The smallest absolute Gasteiger partial charge is 0.291 e. The molecule has 26 heavy (non-hydrogen) atoms. The number of halogens is 3. The van der Waals surface area contributed by atoms with Crippen LogP contribution in [0, 0.1) is 6.92 Å². The summed E-state index contributed by atoms with van der Waals surface area (Å²) in [5, 5.41) is 4.09. The molecule has 0 aliphatic heterocycles. The number of anilines is 1. The van der Waals surface area contributed by atoms with E-state index in [0.717, 1.165) is 5.56 Å². The third-order valence-electron chi connectivity index (χ3n) is 3.69. The van der Waals surface area contributed by atoms with E-state index in [2.05, 4.69) is 5.32 Å². The summed E-state index contributed by atoms with van der Waals surface area (Å²) >= 11 is 18.1. The predicted molar refractivity (Wildman–Crippen MR) is 104 cm³/mol. The van der Waals surface area contributed by atoms with Crippen LogP contribution in [0.25, 0.3) is 0 Å². The lowest BCUT2D eigenvalue weighted by molar-refractivity contribution is 0.0992. The Morgan fingerprint density at radius 1 is 1.04 bits per heavy atom. The van der Waals surface area contributed by atoms with Crippen LogP contribution < -0.4 is 10.1 Å². The summed E-state index contributed by atoms with van der Waals surface area (Å²) in [5.41, 5.74) is 1.41. The van der Waals surface area contributed by atoms with Gasteiger partial charge in [-0.2, -0.15) is 0 Å². The molecule has 3 aromatic rings. The maximum Gasteiger partial charge on any atom is 0.291 e. The average Bonchev–Trinajstić information content (AvgIpc) is 3.09. The van der Waals surface area contributed by atoms with E-state index in [-0.39, 0.29) is 18.3 Å². The number of benzene rings is 2. The quantitative estimate of drug-likeness (QED) is 0.531. The van der Waals surface area contributed by atoms with Crippen LogP contribution in [0.3, 0.4) is 0 Å². The van der Waals surface area contributed by atoms with Crippen LogP contribution >= 0.6 is 34.8 Å². The fourth-order valence-electron chi connectivity index (χ4n) is 2.25. The number of nitrogens with one attached hydrogen (secondary N) is 1. The van der Waals surface area contributed by atoms with Crippen LogP contribution in [0.1, 0.15) is 21.9 Å². The van der Waals surface area contributed by atoms with E-state index < -0.39 is 0 Å². The van der Waals surface area contributed by atoms with E-state index >= 15 is 0 Å². The molecular weight excluding hydrogens is 397 g/mol. The Morgan fingerprint density at radius 3 is 2.58 bits per heavy atom. The Balaban J connectivity index is 1.66. The summed E-state index contributed by atoms with van der Waals surface area (Å²) in [6, 6.07) is 13.6. The van der Waals surface area contributed by atoms with Crippen LogP contribution in [-0.2, 0) is 6.61 Å². The van der Waals surface area contributed by atoms with Gasteiger partial charge in [-0.1, -0.05) is 46.9 Å². The van der Waals surface area contributed by atoms with Gasteiger partial charge < -0.3 is 14.5 Å². The second-order valence-corrected chi connectivity index (χ2v) is 6.67. The molecule has 0 atom stereocenters. The maximum absolute atomic E-state index is 12.3. The van der Waals surface area contributed by atoms with E-state index in [1.807, 2.05) is 6.92 Å². The molecule has 0 bridgehead atoms. The minimum atomic E-state index is -0.373. The minimum Gasteiger partial charge on any atom is -0.484 e. The van der Waals surface area contributed by atoms with Crippen LogP contribution in [-0.4, -0.2) is 5.91 Å². The summed E-state index contributed by atoms with van der Waals surface area (Å²) in [5.74, 6) is 0.715. The Hall–Kier alpha value is -2.14. The van der Waals surface area contributed by atoms with Gasteiger partial charge in [-0.3, -0.25) is 4.79 Å². The standard InChI is InChI=1S/C19H14Cl3NO3/c1-11-13(20)4-2-6-15(11)23-19(24)17-9-8-12(26-17)10-25-16-7-3-5-14(21)18(16)22/h2-9H,10H2,1H3,(H,23,24). The lowest BCUT2D eigenvalue weighted by atomic mass is 10.2. The molecule has 0 saturated heterocycles. The SMILES string of the molecule is Cc1c(Cl)cccc1NC(=O)c1ccc(COc2cccc(Cl)c2Cl)o1. The summed E-state index contributed by atoms with van der Waals surface area (Å²) in [6.07, 6.45) is 0. The fraction of sp³-hybridized carbons (Fsp3) is 0.105. The Morgan fingerprint density at radius 2 is 1.77 bits per heavy atom. The number of furan rings is 1. The molecule has 0 unspecified atom stereocenters. The second kappa shape index (κ2) is 8.04. The first kappa shape index (κ1) is 18.6. The van der Waals surface area contributed by atoms with Crippen molar-refractivity contribution in [3.63, 3.8) is 0 Å². The van der Waals surface area contributed by atoms with Crippen molar-refractivity contribution in [1.82, 2.24) is 0 Å². The van der Waals surface area contributed by atoms with Gasteiger partial charge in [0, 0.05) is 10.7 Å². The van der Waals surface area contributed by atoms with Gasteiger partial charge >= 0.3 is 0 Å². The van der Waals surface area contributed by atoms with Crippen LogP contribution in [0.2, 0.25) is 15.1 Å². The molecule has 0 spiro atoms. The molecule has 0 aliphatic carbocycles. The number of rotatable bonds is 5. The van der Waals surface area contributed by atoms with Gasteiger partial charge in [-0.05, 0) is 48.9 Å². The third-order valence-corrected chi connectivity index (χ3v) is 4.90. The zero-order valence-electron chi connectivity index (χ0n) is 13.7. The first-order valence-electron chi connectivity index (χ1n) is 7.67. The lowest BCUT2D eigenvalue weighted by Crippen LogP contribution is -2.12. The van der Waals surface area contributed by atoms with Gasteiger partial charge in [-0.15, -0.1) is 0 Å². The van der Waals surface area contributed by atoms with Crippen molar-refractivity contribution >= 4 is 46.4 Å². The molecule has 0 fully saturated rings. The van der Waals surface area contributed by atoms with Gasteiger partial charge in [0.05, 0.1) is 5.02 Å². The summed E-state index contributed by atoms with van der Waals surface area (Å²) < 4.78 is 11.1. The lowest BCUT2D eigenvalue weighted by Gasteiger charge is -2.08. The fourth-order valence-corrected chi connectivity index (χ4v) is 2.77. The van der Waals surface area contributed by atoms with Crippen LogP contribution in [0.15, 0.2) is 52.9 Å². The molecule has 1 heterocycles. The number of hydrogen-bond acceptors (Lipinski definition) is 3. The molecule has 3 rings (SSSR count).